The van der Waals surface area contributed by atoms with Crippen LogP contribution in [0.2, 0.25) is 0 Å². The van der Waals surface area contributed by atoms with Gasteiger partial charge < -0.3 is 0 Å². The highest BCUT2D eigenvalue weighted by atomic mass is 79.9. The molecule has 0 spiro atoms. The summed E-state index contributed by atoms with van der Waals surface area (Å²) in [4.78, 5) is 1.74. The van der Waals surface area contributed by atoms with Crippen LogP contribution in [0.25, 0.3) is 0 Å². The maximum absolute atomic E-state index is 3.11. The molecule has 0 radical (unpaired) electrons. The van der Waals surface area contributed by atoms with Crippen LogP contribution in [0.15, 0.2) is 16.8 Å². The minimum absolute atomic E-state index is 1.13. The fourth-order valence-electron chi connectivity index (χ4n) is 0.272. The predicted molar refractivity (Wildman–Crippen MR) is 36.5 cm³/mol. The maximum atomic E-state index is 3.11. The molecule has 0 aromatic rings. The number of allylic oxidation sites excluding steroid dienone is 1. The summed E-state index contributed by atoms with van der Waals surface area (Å²) in [6.07, 6.45) is 4.34. The standard InChI is InChI=1S/C6H9Br/c1-2-3-4-5-6-7/h4,6H,2-3H2,1H3. The smallest absolute Gasteiger partial charge is 0.0228 e. The molecule has 0 aromatic heterocycles. The summed E-state index contributed by atoms with van der Waals surface area (Å²) in [6.45, 7) is 2.15. The Hall–Kier alpha value is 0. The molecule has 0 saturated carbocycles. The lowest BCUT2D eigenvalue weighted by Crippen LogP contribution is -1.54. The summed E-state index contributed by atoms with van der Waals surface area (Å²) >= 11 is 3.11. The molecular formula is C6H9Br. The minimum Gasteiger partial charge on any atom is -0.118 e. The Bertz CT molecular complexity index is 78.2. The quantitative estimate of drug-likeness (QED) is 0.546. The van der Waals surface area contributed by atoms with Crippen LogP contribution in [-0.4, -0.2) is 0 Å². The fourth-order valence-corrected chi connectivity index (χ4v) is 0.459. The number of hydrogen-bond donors (Lipinski definition) is 0. The summed E-state index contributed by atoms with van der Waals surface area (Å²) in [5, 5.41) is 0. The Morgan fingerprint density at radius 3 is 2.86 bits per heavy atom. The summed E-state index contributed by atoms with van der Waals surface area (Å²) in [7, 11) is 0. The van der Waals surface area contributed by atoms with E-state index in [1.54, 1.807) is 4.99 Å². The van der Waals surface area contributed by atoms with E-state index in [9.17, 15) is 0 Å². The maximum Gasteiger partial charge on any atom is 0.0228 e. The minimum atomic E-state index is 1.13. The average Bonchev–Trinajstić information content (AvgIpc) is 1.69. The van der Waals surface area contributed by atoms with Gasteiger partial charge in [-0.05, 0) is 12.5 Å². The van der Waals surface area contributed by atoms with E-state index >= 15 is 0 Å². The van der Waals surface area contributed by atoms with Crippen LogP contribution in [0.4, 0.5) is 0 Å². The summed E-state index contributed by atoms with van der Waals surface area (Å²) in [5.74, 6) is 0. The molecule has 0 nitrogen and oxygen atoms in total. The van der Waals surface area contributed by atoms with E-state index in [1.807, 2.05) is 6.08 Å². The number of hydrogen-bond acceptors (Lipinski definition) is 0. The first-order valence-electron chi connectivity index (χ1n) is 2.41. The first kappa shape index (κ1) is 7.00. The molecule has 0 amide bonds. The van der Waals surface area contributed by atoms with Gasteiger partial charge in [-0.15, -0.1) is 5.73 Å². The Morgan fingerprint density at radius 1 is 1.71 bits per heavy atom. The van der Waals surface area contributed by atoms with Crippen molar-refractivity contribution in [1.29, 1.82) is 0 Å². The molecular weight excluding hydrogens is 152 g/mol. The topological polar surface area (TPSA) is 0 Å². The van der Waals surface area contributed by atoms with Gasteiger partial charge in [0, 0.05) is 4.99 Å². The van der Waals surface area contributed by atoms with Crippen LogP contribution in [0.5, 0.6) is 0 Å². The van der Waals surface area contributed by atoms with Gasteiger partial charge in [-0.25, -0.2) is 0 Å². The van der Waals surface area contributed by atoms with Crippen molar-refractivity contribution in [1.82, 2.24) is 0 Å². The normalized spacial score (nSPS) is 7.14. The molecule has 0 unspecified atom stereocenters. The largest absolute Gasteiger partial charge is 0.118 e. The number of halogens is 1. The molecule has 0 N–H and O–H groups in total. The molecule has 40 valence electrons. The highest BCUT2D eigenvalue weighted by Crippen LogP contribution is 1.86. The molecule has 0 heterocycles. The molecule has 0 aliphatic rings. The second-order valence-electron chi connectivity index (χ2n) is 1.27. The van der Waals surface area contributed by atoms with Gasteiger partial charge in [0.1, 0.15) is 0 Å². The zero-order valence-electron chi connectivity index (χ0n) is 4.45. The molecule has 0 atom stereocenters. The second-order valence-corrected chi connectivity index (χ2v) is 1.73. The van der Waals surface area contributed by atoms with Gasteiger partial charge >= 0.3 is 0 Å². The van der Waals surface area contributed by atoms with Crippen molar-refractivity contribution in [2.24, 2.45) is 0 Å². The van der Waals surface area contributed by atoms with Gasteiger partial charge in [-0.3, -0.25) is 0 Å². The van der Waals surface area contributed by atoms with E-state index < -0.39 is 0 Å². The molecule has 0 aromatic carbocycles. The number of unbranched alkanes of at least 4 members (excludes halogenated alkanes) is 1. The lowest BCUT2D eigenvalue weighted by Gasteiger charge is -1.73. The zero-order valence-corrected chi connectivity index (χ0v) is 6.03. The molecule has 1 heteroatoms. The lowest BCUT2D eigenvalue weighted by molar-refractivity contribution is 0.960. The molecule has 7 heavy (non-hydrogen) atoms. The Morgan fingerprint density at radius 2 is 2.43 bits per heavy atom. The SMILES string of the molecule is CCCC=C=CBr. The highest BCUT2D eigenvalue weighted by molar-refractivity contribution is 9.11. The van der Waals surface area contributed by atoms with Crippen LogP contribution in [-0.2, 0) is 0 Å². The van der Waals surface area contributed by atoms with Crippen molar-refractivity contribution in [2.45, 2.75) is 19.8 Å². The molecule has 0 rings (SSSR count). The van der Waals surface area contributed by atoms with Gasteiger partial charge in [0.15, 0.2) is 0 Å². The Kier molecular flexibility index (Phi) is 6.00. The molecule has 0 saturated heterocycles. The molecule has 0 fully saturated rings. The van der Waals surface area contributed by atoms with Gasteiger partial charge in [-0.1, -0.05) is 29.3 Å². The van der Waals surface area contributed by atoms with Crippen molar-refractivity contribution < 1.29 is 0 Å². The number of rotatable bonds is 2. The summed E-state index contributed by atoms with van der Waals surface area (Å²) in [6, 6.07) is 0. The molecule has 0 aliphatic heterocycles. The first-order valence-corrected chi connectivity index (χ1v) is 3.33. The second kappa shape index (κ2) is 6.00. The molecule has 0 aliphatic carbocycles. The molecule has 0 bridgehead atoms. The third-order valence-electron chi connectivity index (χ3n) is 0.614. The first-order chi connectivity index (χ1) is 3.41. The summed E-state index contributed by atoms with van der Waals surface area (Å²) in [5.41, 5.74) is 2.92. The van der Waals surface area contributed by atoms with Crippen LogP contribution < -0.4 is 0 Å². The van der Waals surface area contributed by atoms with Crippen LogP contribution in [0.3, 0.4) is 0 Å². The van der Waals surface area contributed by atoms with Gasteiger partial charge in [0.25, 0.3) is 0 Å². The predicted octanol–water partition coefficient (Wildman–Crippen LogP) is 2.85. The zero-order chi connectivity index (χ0) is 5.54. The third-order valence-corrected chi connectivity index (χ3v) is 0.878. The third kappa shape index (κ3) is 6.00. The van der Waals surface area contributed by atoms with E-state index in [0.717, 1.165) is 6.42 Å². The highest BCUT2D eigenvalue weighted by Gasteiger charge is 1.65. The van der Waals surface area contributed by atoms with E-state index in [2.05, 4.69) is 28.6 Å². The Labute approximate surface area is 53.1 Å². The van der Waals surface area contributed by atoms with E-state index in [4.69, 9.17) is 0 Å². The van der Waals surface area contributed by atoms with Crippen molar-refractivity contribution in [3.63, 3.8) is 0 Å². The average molecular weight is 161 g/mol. The monoisotopic (exact) mass is 160 g/mol. The van der Waals surface area contributed by atoms with Crippen molar-refractivity contribution in [2.75, 3.05) is 0 Å². The van der Waals surface area contributed by atoms with Crippen molar-refractivity contribution >= 4 is 15.9 Å². The Balaban J connectivity index is 3.10. The van der Waals surface area contributed by atoms with Crippen LogP contribution in [0, 0.1) is 0 Å². The fraction of sp³-hybridized carbons (Fsp3) is 0.500. The van der Waals surface area contributed by atoms with E-state index in [-0.39, 0.29) is 0 Å². The van der Waals surface area contributed by atoms with Crippen LogP contribution in [0.1, 0.15) is 19.8 Å². The van der Waals surface area contributed by atoms with Gasteiger partial charge in [-0.2, -0.15) is 0 Å². The van der Waals surface area contributed by atoms with Crippen molar-refractivity contribution in [3.8, 4) is 0 Å². The lowest BCUT2D eigenvalue weighted by atomic mass is 10.3. The van der Waals surface area contributed by atoms with Gasteiger partial charge in [0.05, 0.1) is 0 Å². The van der Waals surface area contributed by atoms with Gasteiger partial charge in [0.2, 0.25) is 0 Å². The van der Waals surface area contributed by atoms with E-state index in [1.165, 1.54) is 6.42 Å². The summed E-state index contributed by atoms with van der Waals surface area (Å²) < 4.78 is 0. The van der Waals surface area contributed by atoms with Crippen molar-refractivity contribution in [3.05, 3.63) is 16.8 Å². The van der Waals surface area contributed by atoms with Crippen LogP contribution >= 0.6 is 15.9 Å². The van der Waals surface area contributed by atoms with E-state index in [0.29, 0.717) is 0 Å².